The summed E-state index contributed by atoms with van der Waals surface area (Å²) in [6.45, 7) is 1.99. The van der Waals surface area contributed by atoms with Gasteiger partial charge < -0.3 is 5.41 Å². The second-order valence-corrected chi connectivity index (χ2v) is 1.35. The second-order valence-electron chi connectivity index (χ2n) is 1.35. The van der Waals surface area contributed by atoms with Crippen molar-refractivity contribution < 1.29 is 0 Å². The Labute approximate surface area is 44.6 Å². The lowest BCUT2D eigenvalue weighted by atomic mass is 10.3. The van der Waals surface area contributed by atoms with E-state index in [4.69, 9.17) is 5.41 Å². The minimum Gasteiger partial charge on any atom is -0.313 e. The molecule has 0 bridgehead atoms. The van der Waals surface area contributed by atoms with Gasteiger partial charge in [-0.2, -0.15) is 0 Å². The van der Waals surface area contributed by atoms with Crippen LogP contribution in [0.2, 0.25) is 0 Å². The highest BCUT2D eigenvalue weighted by atomic mass is 14.3. The van der Waals surface area contributed by atoms with Crippen molar-refractivity contribution in [2.45, 2.75) is 19.8 Å². The van der Waals surface area contributed by atoms with E-state index in [1.807, 2.05) is 13.0 Å². The van der Waals surface area contributed by atoms with Crippen LogP contribution >= 0.6 is 0 Å². The molecule has 0 aliphatic heterocycles. The van der Waals surface area contributed by atoms with Gasteiger partial charge in [-0.15, -0.1) is 0 Å². The first kappa shape index (κ1) is 6.41. The van der Waals surface area contributed by atoms with Crippen LogP contribution in [0.5, 0.6) is 0 Å². The normalized spacial score (nSPS) is 9.86. The van der Waals surface area contributed by atoms with E-state index in [0.717, 1.165) is 12.8 Å². The van der Waals surface area contributed by atoms with Gasteiger partial charge in [-0.3, -0.25) is 0 Å². The zero-order valence-corrected chi connectivity index (χ0v) is 4.65. The van der Waals surface area contributed by atoms with Crippen LogP contribution in [0.3, 0.4) is 0 Å². The molecule has 0 fully saturated rings. The summed E-state index contributed by atoms with van der Waals surface area (Å²) in [6, 6.07) is 0. The molecule has 0 spiro atoms. The summed E-state index contributed by atoms with van der Waals surface area (Å²) in [7, 11) is 0. The Morgan fingerprint density at radius 2 is 2.14 bits per heavy atom. The standard InChI is InChI=1S/C6H11N/c1-2-3-4-5-6-7/h2-3,6-7H,4-5H2,1H3/b3-2-,7-6?. The van der Waals surface area contributed by atoms with Crippen molar-refractivity contribution in [3.63, 3.8) is 0 Å². The number of hydrogen-bond donors (Lipinski definition) is 1. The SMILES string of the molecule is C/C=C\CCC=N. The largest absolute Gasteiger partial charge is 0.313 e. The maximum absolute atomic E-state index is 6.62. The lowest BCUT2D eigenvalue weighted by Gasteiger charge is -1.78. The maximum atomic E-state index is 6.62. The molecule has 7 heavy (non-hydrogen) atoms. The molecule has 0 amide bonds. The third-order valence-electron chi connectivity index (χ3n) is 0.713. The first-order chi connectivity index (χ1) is 3.41. The quantitative estimate of drug-likeness (QED) is 0.316. The molecule has 40 valence electrons. The van der Waals surface area contributed by atoms with Crippen LogP contribution in [-0.2, 0) is 0 Å². The molecule has 1 N–H and O–H groups in total. The Morgan fingerprint density at radius 1 is 1.43 bits per heavy atom. The van der Waals surface area contributed by atoms with E-state index in [1.165, 1.54) is 6.21 Å². The van der Waals surface area contributed by atoms with Crippen molar-refractivity contribution in [1.82, 2.24) is 0 Å². The molecule has 0 aromatic rings. The Hall–Kier alpha value is -0.590. The Bertz CT molecular complexity index is 64.6. The van der Waals surface area contributed by atoms with Crippen molar-refractivity contribution in [2.75, 3.05) is 0 Å². The summed E-state index contributed by atoms with van der Waals surface area (Å²) < 4.78 is 0. The molecule has 0 heterocycles. The molecule has 0 unspecified atom stereocenters. The van der Waals surface area contributed by atoms with Gasteiger partial charge in [0.15, 0.2) is 0 Å². The topological polar surface area (TPSA) is 23.9 Å². The molecule has 0 aliphatic rings. The molecule has 0 radical (unpaired) electrons. The molecular formula is C6H11N. The van der Waals surface area contributed by atoms with Gasteiger partial charge in [-0.1, -0.05) is 12.2 Å². The molecule has 0 aromatic carbocycles. The average molecular weight is 97.2 g/mol. The lowest BCUT2D eigenvalue weighted by molar-refractivity contribution is 1.10. The molecule has 0 saturated carbocycles. The summed E-state index contributed by atoms with van der Waals surface area (Å²) in [5, 5.41) is 6.62. The van der Waals surface area contributed by atoms with Crippen LogP contribution in [0.15, 0.2) is 12.2 Å². The van der Waals surface area contributed by atoms with E-state index in [2.05, 4.69) is 6.08 Å². The van der Waals surface area contributed by atoms with Crippen LogP contribution < -0.4 is 0 Å². The van der Waals surface area contributed by atoms with Gasteiger partial charge in [0.2, 0.25) is 0 Å². The van der Waals surface area contributed by atoms with E-state index >= 15 is 0 Å². The van der Waals surface area contributed by atoms with Gasteiger partial charge in [0.1, 0.15) is 0 Å². The maximum Gasteiger partial charge on any atom is -0.00447 e. The number of allylic oxidation sites excluding steroid dienone is 2. The lowest BCUT2D eigenvalue weighted by Crippen LogP contribution is -1.66. The van der Waals surface area contributed by atoms with Gasteiger partial charge in [-0.25, -0.2) is 0 Å². The first-order valence-electron chi connectivity index (χ1n) is 2.52. The molecule has 0 aliphatic carbocycles. The van der Waals surface area contributed by atoms with Crippen molar-refractivity contribution in [1.29, 1.82) is 5.41 Å². The minimum absolute atomic E-state index is 0.879. The van der Waals surface area contributed by atoms with Crippen LogP contribution in [0, 0.1) is 5.41 Å². The summed E-state index contributed by atoms with van der Waals surface area (Å²) in [5.41, 5.74) is 0. The Kier molecular flexibility index (Phi) is 4.95. The zero-order valence-electron chi connectivity index (χ0n) is 4.65. The number of rotatable bonds is 3. The molecule has 0 atom stereocenters. The molecular weight excluding hydrogens is 86.1 g/mol. The molecule has 0 rings (SSSR count). The van der Waals surface area contributed by atoms with Crippen LogP contribution in [0.4, 0.5) is 0 Å². The predicted molar refractivity (Wildman–Crippen MR) is 32.8 cm³/mol. The monoisotopic (exact) mass is 97.1 g/mol. The summed E-state index contributed by atoms with van der Waals surface area (Å²) in [6.07, 6.45) is 7.39. The average Bonchev–Trinajstić information content (AvgIpc) is 1.69. The van der Waals surface area contributed by atoms with Crippen LogP contribution in [-0.4, -0.2) is 6.21 Å². The second kappa shape index (κ2) is 5.41. The fourth-order valence-corrected chi connectivity index (χ4v) is 0.346. The molecule has 0 aromatic heterocycles. The van der Waals surface area contributed by atoms with Crippen molar-refractivity contribution in [3.05, 3.63) is 12.2 Å². The number of nitrogens with one attached hydrogen (secondary N) is 1. The van der Waals surface area contributed by atoms with Crippen molar-refractivity contribution in [3.8, 4) is 0 Å². The van der Waals surface area contributed by atoms with Gasteiger partial charge >= 0.3 is 0 Å². The fraction of sp³-hybridized carbons (Fsp3) is 0.500. The zero-order chi connectivity index (χ0) is 5.54. The minimum atomic E-state index is 0.879. The van der Waals surface area contributed by atoms with Gasteiger partial charge in [0, 0.05) is 0 Å². The predicted octanol–water partition coefficient (Wildman–Crippen LogP) is 1.99. The highest BCUT2D eigenvalue weighted by molar-refractivity contribution is 5.52. The van der Waals surface area contributed by atoms with Crippen LogP contribution in [0.25, 0.3) is 0 Å². The summed E-state index contributed by atoms with van der Waals surface area (Å²) >= 11 is 0. The third kappa shape index (κ3) is 5.41. The fourth-order valence-electron chi connectivity index (χ4n) is 0.346. The smallest absolute Gasteiger partial charge is 0.00447 e. The number of unbranched alkanes of at least 4 members (excludes halogenated alkanes) is 1. The molecule has 1 heteroatoms. The van der Waals surface area contributed by atoms with Crippen LogP contribution in [0.1, 0.15) is 19.8 Å². The number of hydrogen-bond acceptors (Lipinski definition) is 1. The van der Waals surface area contributed by atoms with E-state index in [9.17, 15) is 0 Å². The van der Waals surface area contributed by atoms with E-state index in [0.29, 0.717) is 0 Å². The molecule has 0 saturated heterocycles. The van der Waals surface area contributed by atoms with E-state index in [1.54, 1.807) is 0 Å². The van der Waals surface area contributed by atoms with Gasteiger partial charge in [0.05, 0.1) is 0 Å². The highest BCUT2D eigenvalue weighted by Gasteiger charge is 1.69. The first-order valence-corrected chi connectivity index (χ1v) is 2.52. The third-order valence-corrected chi connectivity index (χ3v) is 0.713. The van der Waals surface area contributed by atoms with Crippen molar-refractivity contribution in [2.24, 2.45) is 0 Å². The van der Waals surface area contributed by atoms with Crippen molar-refractivity contribution >= 4 is 6.21 Å². The summed E-state index contributed by atoms with van der Waals surface area (Å²) in [4.78, 5) is 0. The summed E-state index contributed by atoms with van der Waals surface area (Å²) in [5.74, 6) is 0. The Balaban J connectivity index is 2.82. The van der Waals surface area contributed by atoms with Gasteiger partial charge in [0.25, 0.3) is 0 Å². The molecule has 1 nitrogen and oxygen atoms in total. The highest BCUT2D eigenvalue weighted by Crippen LogP contribution is 1.84. The van der Waals surface area contributed by atoms with Gasteiger partial charge in [-0.05, 0) is 26.0 Å². The van der Waals surface area contributed by atoms with E-state index in [-0.39, 0.29) is 0 Å². The van der Waals surface area contributed by atoms with E-state index < -0.39 is 0 Å². The Morgan fingerprint density at radius 3 is 2.57 bits per heavy atom.